The van der Waals surface area contributed by atoms with Crippen molar-refractivity contribution in [3.8, 4) is 0 Å². The normalized spacial score (nSPS) is 38.0. The summed E-state index contributed by atoms with van der Waals surface area (Å²) in [6.45, 7) is 2.36. The molecule has 3 unspecified atom stereocenters. The van der Waals surface area contributed by atoms with Crippen LogP contribution in [0.1, 0.15) is 64.2 Å². The number of aliphatic hydroxyl groups is 1. The van der Waals surface area contributed by atoms with E-state index in [1.54, 1.807) is 0 Å². The fourth-order valence-electron chi connectivity index (χ4n) is 4.39. The van der Waals surface area contributed by atoms with E-state index >= 15 is 0 Å². The third-order valence-electron chi connectivity index (χ3n) is 5.69. The Morgan fingerprint density at radius 1 is 1.05 bits per heavy atom. The van der Waals surface area contributed by atoms with Crippen LogP contribution in [0.15, 0.2) is 0 Å². The van der Waals surface area contributed by atoms with Gasteiger partial charge in [-0.05, 0) is 31.1 Å². The van der Waals surface area contributed by atoms with Crippen LogP contribution in [0.25, 0.3) is 0 Å². The summed E-state index contributed by atoms with van der Waals surface area (Å²) in [5, 5.41) is 10.7. The average Bonchev–Trinajstić information content (AvgIpc) is 2.74. The van der Waals surface area contributed by atoms with Gasteiger partial charge in [0.2, 0.25) is 0 Å². The van der Waals surface area contributed by atoms with Crippen LogP contribution in [0.2, 0.25) is 0 Å². The molecule has 3 heteroatoms. The quantitative estimate of drug-likeness (QED) is 0.807. The molecule has 1 spiro atoms. The number of aliphatic hydroxyl groups excluding tert-OH is 1. The van der Waals surface area contributed by atoms with Gasteiger partial charge in [-0.3, -0.25) is 0 Å². The molecule has 3 fully saturated rings. The summed E-state index contributed by atoms with van der Waals surface area (Å²) in [6, 6.07) is 0. The van der Waals surface area contributed by atoms with Gasteiger partial charge in [0.1, 0.15) is 0 Å². The maximum absolute atomic E-state index is 10.7. The molecule has 3 atom stereocenters. The molecule has 1 saturated carbocycles. The summed E-state index contributed by atoms with van der Waals surface area (Å²) in [5.74, 6) is 1.18. The number of ether oxygens (including phenoxy) is 2. The van der Waals surface area contributed by atoms with Crippen molar-refractivity contribution in [2.45, 2.75) is 75.9 Å². The van der Waals surface area contributed by atoms with E-state index in [1.165, 1.54) is 38.5 Å². The second-order valence-electron chi connectivity index (χ2n) is 7.25. The van der Waals surface area contributed by atoms with E-state index in [-0.39, 0.29) is 11.7 Å². The van der Waals surface area contributed by atoms with Gasteiger partial charge in [0.15, 0.2) is 0 Å². The van der Waals surface area contributed by atoms with Crippen molar-refractivity contribution in [2.24, 2.45) is 11.8 Å². The highest BCUT2D eigenvalue weighted by atomic mass is 16.6. The molecule has 0 aromatic carbocycles. The van der Waals surface area contributed by atoms with Crippen molar-refractivity contribution in [2.75, 3.05) is 19.8 Å². The molecule has 1 aliphatic carbocycles. The van der Waals surface area contributed by atoms with Gasteiger partial charge < -0.3 is 14.6 Å². The fourth-order valence-corrected chi connectivity index (χ4v) is 4.39. The summed E-state index contributed by atoms with van der Waals surface area (Å²) >= 11 is 0. The molecular formula is C17H30O3. The molecule has 2 saturated heterocycles. The van der Waals surface area contributed by atoms with Gasteiger partial charge >= 0.3 is 0 Å². The largest absolute Gasteiger partial charge is 0.393 e. The van der Waals surface area contributed by atoms with Crippen molar-refractivity contribution in [3.63, 3.8) is 0 Å². The molecule has 3 rings (SSSR count). The van der Waals surface area contributed by atoms with Crippen LogP contribution >= 0.6 is 0 Å². The van der Waals surface area contributed by atoms with Crippen molar-refractivity contribution >= 4 is 0 Å². The van der Waals surface area contributed by atoms with E-state index in [2.05, 4.69) is 0 Å². The van der Waals surface area contributed by atoms with Gasteiger partial charge in [-0.25, -0.2) is 0 Å². The topological polar surface area (TPSA) is 38.7 Å². The highest BCUT2D eigenvalue weighted by Gasteiger charge is 2.42. The maximum atomic E-state index is 10.7. The Balaban J connectivity index is 1.52. The van der Waals surface area contributed by atoms with E-state index in [9.17, 15) is 5.11 Å². The van der Waals surface area contributed by atoms with Gasteiger partial charge in [0, 0.05) is 19.6 Å². The predicted octanol–water partition coefficient (Wildman–Crippen LogP) is 3.29. The number of rotatable bonds is 3. The molecule has 3 aliphatic rings. The summed E-state index contributed by atoms with van der Waals surface area (Å²) in [7, 11) is 0. The Morgan fingerprint density at radius 2 is 1.85 bits per heavy atom. The molecular weight excluding hydrogens is 252 g/mol. The van der Waals surface area contributed by atoms with Crippen LogP contribution in [0.3, 0.4) is 0 Å². The van der Waals surface area contributed by atoms with Crippen molar-refractivity contribution < 1.29 is 14.6 Å². The first-order chi connectivity index (χ1) is 9.77. The van der Waals surface area contributed by atoms with E-state index in [1.807, 2.05) is 0 Å². The molecule has 1 N–H and O–H groups in total. The molecule has 0 radical (unpaired) electrons. The molecule has 20 heavy (non-hydrogen) atoms. The van der Waals surface area contributed by atoms with E-state index in [0.717, 1.165) is 51.4 Å². The van der Waals surface area contributed by atoms with Crippen LogP contribution in [0.4, 0.5) is 0 Å². The Kier molecular flexibility index (Phi) is 5.00. The highest BCUT2D eigenvalue weighted by molar-refractivity contribution is 4.92. The minimum Gasteiger partial charge on any atom is -0.393 e. The zero-order valence-corrected chi connectivity index (χ0v) is 12.7. The van der Waals surface area contributed by atoms with Crippen molar-refractivity contribution in [1.82, 2.24) is 0 Å². The van der Waals surface area contributed by atoms with E-state index < -0.39 is 0 Å². The van der Waals surface area contributed by atoms with E-state index in [4.69, 9.17) is 9.47 Å². The second-order valence-corrected chi connectivity index (χ2v) is 7.25. The molecule has 0 aromatic rings. The molecule has 0 aromatic heterocycles. The molecule has 0 bridgehead atoms. The zero-order valence-electron chi connectivity index (χ0n) is 12.7. The van der Waals surface area contributed by atoms with Crippen LogP contribution in [-0.4, -0.2) is 36.6 Å². The summed E-state index contributed by atoms with van der Waals surface area (Å²) in [5.41, 5.74) is -0.0622. The van der Waals surface area contributed by atoms with Gasteiger partial charge in [-0.15, -0.1) is 0 Å². The smallest absolute Gasteiger partial charge is 0.0940 e. The average molecular weight is 282 g/mol. The Labute approximate surface area is 123 Å². The fraction of sp³-hybridized carbons (Fsp3) is 1.00. The van der Waals surface area contributed by atoms with Crippen LogP contribution in [-0.2, 0) is 9.47 Å². The first-order valence-electron chi connectivity index (χ1n) is 8.67. The van der Waals surface area contributed by atoms with Crippen molar-refractivity contribution in [1.29, 1.82) is 0 Å². The lowest BCUT2D eigenvalue weighted by Gasteiger charge is -2.39. The number of hydrogen-bond donors (Lipinski definition) is 1. The molecule has 3 nitrogen and oxygen atoms in total. The predicted molar refractivity (Wildman–Crippen MR) is 78.7 cm³/mol. The summed E-state index contributed by atoms with van der Waals surface area (Å²) < 4.78 is 11.5. The Hall–Kier alpha value is -0.120. The van der Waals surface area contributed by atoms with Gasteiger partial charge in [0.25, 0.3) is 0 Å². The lowest BCUT2D eigenvalue weighted by Crippen LogP contribution is -2.43. The molecule has 2 heterocycles. The first kappa shape index (κ1) is 14.8. The third kappa shape index (κ3) is 3.55. The third-order valence-corrected chi connectivity index (χ3v) is 5.69. The lowest BCUT2D eigenvalue weighted by atomic mass is 9.79. The van der Waals surface area contributed by atoms with E-state index in [0.29, 0.717) is 5.92 Å². The first-order valence-corrected chi connectivity index (χ1v) is 8.67. The number of hydrogen-bond acceptors (Lipinski definition) is 3. The van der Waals surface area contributed by atoms with Crippen LogP contribution in [0, 0.1) is 11.8 Å². The van der Waals surface area contributed by atoms with Crippen molar-refractivity contribution in [3.05, 3.63) is 0 Å². The molecule has 0 amide bonds. The monoisotopic (exact) mass is 282 g/mol. The van der Waals surface area contributed by atoms with Gasteiger partial charge in [0.05, 0.1) is 18.3 Å². The SMILES string of the molecule is OC(CC1CCCCCC1)C1CCOC2(CCOC2)C1. The van der Waals surface area contributed by atoms with Crippen LogP contribution < -0.4 is 0 Å². The Bertz CT molecular complexity index is 291. The second kappa shape index (κ2) is 6.76. The molecule has 116 valence electrons. The Morgan fingerprint density at radius 3 is 2.55 bits per heavy atom. The van der Waals surface area contributed by atoms with Crippen LogP contribution in [0.5, 0.6) is 0 Å². The van der Waals surface area contributed by atoms with Gasteiger partial charge in [-0.2, -0.15) is 0 Å². The zero-order chi connectivity index (χ0) is 13.8. The highest BCUT2D eigenvalue weighted by Crippen LogP contribution is 2.39. The summed E-state index contributed by atoms with van der Waals surface area (Å²) in [4.78, 5) is 0. The standard InChI is InChI=1S/C17H30O3/c18-16(11-14-5-3-1-2-4-6-14)15-7-9-20-17(12-15)8-10-19-13-17/h14-16,18H,1-13H2. The summed E-state index contributed by atoms with van der Waals surface area (Å²) in [6.07, 6.45) is 12.1. The maximum Gasteiger partial charge on any atom is 0.0940 e. The van der Waals surface area contributed by atoms with Gasteiger partial charge in [-0.1, -0.05) is 38.5 Å². The molecule has 2 aliphatic heterocycles. The minimum atomic E-state index is -0.125. The minimum absolute atomic E-state index is 0.0622. The lowest BCUT2D eigenvalue weighted by molar-refractivity contribution is -0.118.